The molecule has 0 N–H and O–H groups in total. The van der Waals surface area contributed by atoms with Crippen molar-refractivity contribution in [2.24, 2.45) is 0 Å². The molecule has 0 spiro atoms. The largest absolute Gasteiger partial charge is 0.367 e. The van der Waals surface area contributed by atoms with Crippen LogP contribution in [0.2, 0.25) is 0 Å². The van der Waals surface area contributed by atoms with Gasteiger partial charge in [-0.05, 0) is 59.4 Å². The van der Waals surface area contributed by atoms with Gasteiger partial charge in [0.1, 0.15) is 13.2 Å². The predicted molar refractivity (Wildman–Crippen MR) is 150 cm³/mol. The maximum atomic E-state index is 13.7. The van der Waals surface area contributed by atoms with Crippen molar-refractivity contribution in [3.8, 4) is 0 Å². The number of fused-ring (bicyclic) bond motifs is 1. The molecule has 1 aromatic heterocycles. The Morgan fingerprint density at radius 2 is 1.76 bits per heavy atom. The van der Waals surface area contributed by atoms with E-state index in [1.165, 1.54) is 16.0 Å². The SMILES string of the molecule is CC(C)N(CC(=O)N1CCc2sccc2C1c1ccc(C(C)(C)C)cc1)C(=O)COCc1ccccc1. The summed E-state index contributed by atoms with van der Waals surface area (Å²) in [5.41, 5.74) is 4.65. The fourth-order valence-electron chi connectivity index (χ4n) is 4.82. The minimum Gasteiger partial charge on any atom is -0.367 e. The zero-order valence-corrected chi connectivity index (χ0v) is 23.4. The molecule has 37 heavy (non-hydrogen) atoms. The zero-order chi connectivity index (χ0) is 26.6. The normalized spacial score (nSPS) is 15.5. The topological polar surface area (TPSA) is 49.9 Å². The Labute approximate surface area is 225 Å². The van der Waals surface area contributed by atoms with E-state index >= 15 is 0 Å². The molecule has 6 heteroatoms. The highest BCUT2D eigenvalue weighted by atomic mass is 32.1. The molecule has 2 aromatic carbocycles. The number of nitrogens with zero attached hydrogens (tertiary/aromatic N) is 2. The Morgan fingerprint density at radius 3 is 2.41 bits per heavy atom. The van der Waals surface area contributed by atoms with Crippen LogP contribution in [-0.4, -0.2) is 47.4 Å². The Hall–Kier alpha value is -2.96. The quantitative estimate of drug-likeness (QED) is 0.369. The Kier molecular flexibility index (Phi) is 8.50. The third kappa shape index (κ3) is 6.49. The summed E-state index contributed by atoms with van der Waals surface area (Å²) in [4.78, 5) is 31.7. The highest BCUT2D eigenvalue weighted by Gasteiger charge is 2.34. The van der Waals surface area contributed by atoms with Crippen LogP contribution in [0.15, 0.2) is 66.0 Å². The monoisotopic (exact) mass is 518 g/mol. The van der Waals surface area contributed by atoms with Gasteiger partial charge in [0.05, 0.1) is 12.6 Å². The minimum absolute atomic E-state index is 0.0353. The molecule has 0 bridgehead atoms. The van der Waals surface area contributed by atoms with E-state index in [1.807, 2.05) is 49.1 Å². The summed E-state index contributed by atoms with van der Waals surface area (Å²) in [5.74, 6) is -0.203. The predicted octanol–water partition coefficient (Wildman–Crippen LogP) is 5.97. The van der Waals surface area contributed by atoms with E-state index in [4.69, 9.17) is 4.74 Å². The second-order valence-electron chi connectivity index (χ2n) is 11.0. The number of rotatable bonds is 8. The summed E-state index contributed by atoms with van der Waals surface area (Å²) in [7, 11) is 0. The van der Waals surface area contributed by atoms with Gasteiger partial charge in [0, 0.05) is 17.5 Å². The first-order valence-corrected chi connectivity index (χ1v) is 13.9. The van der Waals surface area contributed by atoms with Crippen molar-refractivity contribution in [3.63, 3.8) is 0 Å². The summed E-state index contributed by atoms with van der Waals surface area (Å²) >= 11 is 1.76. The Morgan fingerprint density at radius 1 is 1.05 bits per heavy atom. The van der Waals surface area contributed by atoms with Crippen LogP contribution in [0.25, 0.3) is 0 Å². The number of amides is 2. The number of carbonyl (C=O) groups is 2. The van der Waals surface area contributed by atoms with Crippen molar-refractivity contribution in [2.75, 3.05) is 19.7 Å². The molecular formula is C31H38N2O3S. The summed E-state index contributed by atoms with van der Waals surface area (Å²) in [6, 6.07) is 20.3. The standard InChI is InChI=1S/C31H38N2O3S/c1-22(2)33(29(35)21-36-20-23-9-7-6-8-10-23)19-28(34)32-17-15-27-26(16-18-37-27)30(32)24-11-13-25(14-12-24)31(3,4)5/h6-14,16,18,22,30H,15,17,19-21H2,1-5H3. The zero-order valence-electron chi connectivity index (χ0n) is 22.6. The number of thiophene rings is 1. The van der Waals surface area contributed by atoms with Crippen LogP contribution in [0.5, 0.6) is 0 Å². The molecular weight excluding hydrogens is 480 g/mol. The lowest BCUT2D eigenvalue weighted by Gasteiger charge is -2.38. The smallest absolute Gasteiger partial charge is 0.249 e. The molecule has 1 atom stereocenters. The van der Waals surface area contributed by atoms with Gasteiger partial charge in [-0.2, -0.15) is 0 Å². The van der Waals surface area contributed by atoms with Crippen molar-refractivity contribution in [1.29, 1.82) is 0 Å². The Bertz CT molecular complexity index is 1200. The number of hydrogen-bond acceptors (Lipinski definition) is 4. The van der Waals surface area contributed by atoms with Crippen LogP contribution in [0.3, 0.4) is 0 Å². The van der Waals surface area contributed by atoms with Crippen molar-refractivity contribution in [2.45, 2.75) is 65.1 Å². The van der Waals surface area contributed by atoms with Gasteiger partial charge < -0.3 is 14.5 Å². The summed E-state index contributed by atoms with van der Waals surface area (Å²) in [5, 5.41) is 2.11. The molecule has 3 aromatic rings. The van der Waals surface area contributed by atoms with E-state index in [0.717, 1.165) is 17.5 Å². The average molecular weight is 519 g/mol. The lowest BCUT2D eigenvalue weighted by atomic mass is 9.85. The molecule has 0 saturated carbocycles. The molecule has 1 unspecified atom stereocenters. The van der Waals surface area contributed by atoms with E-state index in [0.29, 0.717) is 13.2 Å². The first-order valence-electron chi connectivity index (χ1n) is 13.0. The highest BCUT2D eigenvalue weighted by molar-refractivity contribution is 7.10. The molecule has 1 aliphatic rings. The molecule has 196 valence electrons. The molecule has 2 amide bonds. The second kappa shape index (κ2) is 11.6. The van der Waals surface area contributed by atoms with E-state index in [9.17, 15) is 9.59 Å². The summed E-state index contributed by atoms with van der Waals surface area (Å²) < 4.78 is 5.69. The first-order chi connectivity index (χ1) is 17.6. The first kappa shape index (κ1) is 27.1. The van der Waals surface area contributed by atoms with Crippen molar-refractivity contribution in [3.05, 3.63) is 93.2 Å². The van der Waals surface area contributed by atoms with Gasteiger partial charge in [-0.1, -0.05) is 75.4 Å². The van der Waals surface area contributed by atoms with Crippen molar-refractivity contribution >= 4 is 23.2 Å². The maximum absolute atomic E-state index is 13.7. The van der Waals surface area contributed by atoms with Crippen LogP contribution in [0, 0.1) is 0 Å². The minimum atomic E-state index is -0.168. The van der Waals surface area contributed by atoms with Gasteiger partial charge in [0.15, 0.2) is 0 Å². The average Bonchev–Trinajstić information content (AvgIpc) is 3.35. The fraction of sp³-hybridized carbons (Fsp3) is 0.419. The number of benzene rings is 2. The second-order valence-corrected chi connectivity index (χ2v) is 12.0. The molecule has 0 radical (unpaired) electrons. The number of hydrogen-bond donors (Lipinski definition) is 0. The maximum Gasteiger partial charge on any atom is 0.249 e. The van der Waals surface area contributed by atoms with Gasteiger partial charge >= 0.3 is 0 Å². The molecule has 5 nitrogen and oxygen atoms in total. The van der Waals surface area contributed by atoms with Gasteiger partial charge in [-0.15, -0.1) is 11.3 Å². The Balaban J connectivity index is 1.49. The third-order valence-corrected chi connectivity index (χ3v) is 7.96. The molecule has 0 fully saturated rings. The molecule has 0 saturated heterocycles. The molecule has 1 aliphatic heterocycles. The van der Waals surface area contributed by atoms with Crippen molar-refractivity contribution in [1.82, 2.24) is 9.80 Å². The van der Waals surface area contributed by atoms with Crippen molar-refractivity contribution < 1.29 is 14.3 Å². The lowest BCUT2D eigenvalue weighted by Crippen LogP contribution is -2.49. The van der Waals surface area contributed by atoms with Crippen LogP contribution in [0.4, 0.5) is 0 Å². The lowest BCUT2D eigenvalue weighted by molar-refractivity contribution is -0.146. The molecule has 4 rings (SSSR count). The van der Waals surface area contributed by atoms with Gasteiger partial charge in [0.25, 0.3) is 0 Å². The molecule has 2 heterocycles. The van der Waals surface area contributed by atoms with Gasteiger partial charge in [-0.25, -0.2) is 0 Å². The number of ether oxygens (including phenoxy) is 1. The van der Waals surface area contributed by atoms with Crippen LogP contribution >= 0.6 is 11.3 Å². The van der Waals surface area contributed by atoms with Crippen LogP contribution < -0.4 is 0 Å². The summed E-state index contributed by atoms with van der Waals surface area (Å²) in [6.07, 6.45) is 0.838. The third-order valence-electron chi connectivity index (χ3n) is 6.97. The van der Waals surface area contributed by atoms with Crippen LogP contribution in [0.1, 0.15) is 67.8 Å². The van der Waals surface area contributed by atoms with Gasteiger partial charge in [0.2, 0.25) is 11.8 Å². The van der Waals surface area contributed by atoms with Gasteiger partial charge in [-0.3, -0.25) is 9.59 Å². The number of carbonyl (C=O) groups excluding carboxylic acids is 2. The fourth-order valence-corrected chi connectivity index (χ4v) is 5.72. The molecule has 0 aliphatic carbocycles. The van der Waals surface area contributed by atoms with E-state index in [-0.39, 0.29) is 42.5 Å². The van der Waals surface area contributed by atoms with E-state index < -0.39 is 0 Å². The summed E-state index contributed by atoms with van der Waals surface area (Å²) in [6.45, 7) is 11.5. The van der Waals surface area contributed by atoms with Crippen LogP contribution in [-0.2, 0) is 32.8 Å². The van der Waals surface area contributed by atoms with E-state index in [2.05, 4.69) is 56.5 Å². The van der Waals surface area contributed by atoms with E-state index in [1.54, 1.807) is 16.2 Å². The highest BCUT2D eigenvalue weighted by Crippen LogP contribution is 2.38.